The SMILES string of the molecule is CC(=O)CC[C@@H](C=O)NC(=O)C1CCN(C(=O)CCCCCCCCCCCCCCCCCCC(=O)O)CC1. The molecule has 0 aliphatic carbocycles. The molecular weight excluding hydrogens is 508 g/mol. The first-order valence-electron chi connectivity index (χ1n) is 16.1. The Balaban J connectivity index is 1.93. The fraction of sp³-hybridized carbons (Fsp3) is 0.844. The number of nitrogens with zero attached hydrogens (tertiary/aromatic N) is 1. The van der Waals surface area contributed by atoms with Crippen molar-refractivity contribution in [2.45, 2.75) is 154 Å². The molecule has 230 valence electrons. The molecule has 0 spiro atoms. The quantitative estimate of drug-likeness (QED) is 0.0980. The Morgan fingerprint density at radius 3 is 1.55 bits per heavy atom. The first kappa shape index (κ1) is 35.8. The molecule has 1 aliphatic rings. The van der Waals surface area contributed by atoms with Crippen molar-refractivity contribution < 1.29 is 29.1 Å². The van der Waals surface area contributed by atoms with Gasteiger partial charge in [-0.3, -0.25) is 14.4 Å². The van der Waals surface area contributed by atoms with Crippen LogP contribution in [0.25, 0.3) is 0 Å². The Hall–Kier alpha value is -2.25. The van der Waals surface area contributed by atoms with E-state index >= 15 is 0 Å². The lowest BCUT2D eigenvalue weighted by atomic mass is 9.95. The molecule has 0 bridgehead atoms. The van der Waals surface area contributed by atoms with E-state index < -0.39 is 12.0 Å². The van der Waals surface area contributed by atoms with Crippen LogP contribution in [0.2, 0.25) is 0 Å². The van der Waals surface area contributed by atoms with Gasteiger partial charge >= 0.3 is 5.97 Å². The number of piperidine rings is 1. The molecule has 1 heterocycles. The van der Waals surface area contributed by atoms with E-state index in [4.69, 9.17) is 5.11 Å². The second-order valence-electron chi connectivity index (χ2n) is 11.7. The van der Waals surface area contributed by atoms with Crippen LogP contribution < -0.4 is 5.32 Å². The zero-order valence-corrected chi connectivity index (χ0v) is 25.1. The summed E-state index contributed by atoms with van der Waals surface area (Å²) in [6, 6.07) is -0.618. The monoisotopic (exact) mass is 564 g/mol. The average molecular weight is 565 g/mol. The predicted molar refractivity (Wildman–Crippen MR) is 158 cm³/mol. The van der Waals surface area contributed by atoms with E-state index in [0.29, 0.717) is 51.5 Å². The van der Waals surface area contributed by atoms with Crippen molar-refractivity contribution >= 4 is 29.9 Å². The molecule has 1 rings (SSSR count). The normalized spacial score (nSPS) is 14.6. The van der Waals surface area contributed by atoms with Crippen LogP contribution in [0.3, 0.4) is 0 Å². The molecule has 1 fully saturated rings. The summed E-state index contributed by atoms with van der Waals surface area (Å²) in [5.74, 6) is -0.827. The van der Waals surface area contributed by atoms with Crippen LogP contribution in [0.1, 0.15) is 148 Å². The molecule has 0 aromatic heterocycles. The van der Waals surface area contributed by atoms with Crippen LogP contribution in [-0.4, -0.2) is 59.0 Å². The molecule has 0 radical (unpaired) electrons. The van der Waals surface area contributed by atoms with Crippen molar-refractivity contribution in [2.75, 3.05) is 13.1 Å². The number of carbonyl (C=O) groups excluding carboxylic acids is 4. The molecule has 1 aliphatic heterocycles. The minimum atomic E-state index is -0.683. The lowest BCUT2D eigenvalue weighted by Gasteiger charge is -2.32. The molecule has 0 unspecified atom stereocenters. The largest absolute Gasteiger partial charge is 0.481 e. The Labute approximate surface area is 242 Å². The predicted octanol–water partition coefficient (Wildman–Crippen LogP) is 6.38. The summed E-state index contributed by atoms with van der Waals surface area (Å²) in [4.78, 5) is 59.7. The summed E-state index contributed by atoms with van der Waals surface area (Å²) in [5, 5.41) is 11.4. The van der Waals surface area contributed by atoms with Gasteiger partial charge in [-0.15, -0.1) is 0 Å². The molecular formula is C32H56N2O6. The molecule has 1 atom stereocenters. The van der Waals surface area contributed by atoms with E-state index in [9.17, 15) is 24.0 Å². The van der Waals surface area contributed by atoms with Crippen molar-refractivity contribution in [3.05, 3.63) is 0 Å². The number of Topliss-reactive ketones (excluding diaryl/α,β-unsaturated/α-hetero) is 1. The van der Waals surface area contributed by atoms with Gasteiger partial charge in [0.05, 0.1) is 6.04 Å². The number of aliphatic carboxylic acids is 1. The number of rotatable bonds is 25. The van der Waals surface area contributed by atoms with Crippen LogP contribution in [0, 0.1) is 5.92 Å². The second kappa shape index (κ2) is 23.5. The van der Waals surface area contributed by atoms with Crippen LogP contribution in [0.15, 0.2) is 0 Å². The van der Waals surface area contributed by atoms with E-state index in [0.717, 1.165) is 32.1 Å². The van der Waals surface area contributed by atoms with Crippen molar-refractivity contribution in [3.63, 3.8) is 0 Å². The number of nitrogens with one attached hydrogen (secondary N) is 1. The zero-order chi connectivity index (χ0) is 29.4. The lowest BCUT2D eigenvalue weighted by molar-refractivity contribution is -0.137. The first-order valence-corrected chi connectivity index (χ1v) is 16.1. The van der Waals surface area contributed by atoms with Gasteiger partial charge in [-0.1, -0.05) is 89.9 Å². The number of hydrogen-bond donors (Lipinski definition) is 2. The Bertz CT molecular complexity index is 733. The number of ketones is 1. The van der Waals surface area contributed by atoms with Gasteiger partial charge < -0.3 is 24.9 Å². The van der Waals surface area contributed by atoms with E-state index in [1.807, 2.05) is 4.90 Å². The molecule has 2 amide bonds. The fourth-order valence-electron chi connectivity index (χ4n) is 5.41. The lowest BCUT2D eigenvalue weighted by Crippen LogP contribution is -2.45. The van der Waals surface area contributed by atoms with Gasteiger partial charge in [0.2, 0.25) is 11.8 Å². The molecule has 2 N–H and O–H groups in total. The van der Waals surface area contributed by atoms with Crippen LogP contribution in [0.5, 0.6) is 0 Å². The van der Waals surface area contributed by atoms with Gasteiger partial charge in [-0.05, 0) is 39.0 Å². The highest BCUT2D eigenvalue weighted by Gasteiger charge is 2.28. The summed E-state index contributed by atoms with van der Waals surface area (Å²) < 4.78 is 0. The van der Waals surface area contributed by atoms with Gasteiger partial charge in [0.15, 0.2) is 0 Å². The molecule has 8 heteroatoms. The minimum Gasteiger partial charge on any atom is -0.481 e. The van der Waals surface area contributed by atoms with E-state index in [-0.39, 0.29) is 29.9 Å². The van der Waals surface area contributed by atoms with E-state index in [2.05, 4.69) is 5.32 Å². The number of amides is 2. The number of unbranched alkanes of at least 4 members (excludes halogenated alkanes) is 15. The van der Waals surface area contributed by atoms with Crippen LogP contribution >= 0.6 is 0 Å². The van der Waals surface area contributed by atoms with Gasteiger partial charge in [0, 0.05) is 38.3 Å². The maximum Gasteiger partial charge on any atom is 0.303 e. The van der Waals surface area contributed by atoms with Gasteiger partial charge in [0.1, 0.15) is 12.1 Å². The maximum atomic E-state index is 12.6. The van der Waals surface area contributed by atoms with Crippen LogP contribution in [-0.2, 0) is 24.0 Å². The summed E-state index contributed by atoms with van der Waals surface area (Å²) >= 11 is 0. The number of aldehydes is 1. The molecule has 0 aromatic carbocycles. The van der Waals surface area contributed by atoms with Gasteiger partial charge in [0.25, 0.3) is 0 Å². The number of likely N-dealkylation sites (tertiary alicyclic amines) is 1. The van der Waals surface area contributed by atoms with Crippen molar-refractivity contribution in [1.29, 1.82) is 0 Å². The second-order valence-corrected chi connectivity index (χ2v) is 11.7. The minimum absolute atomic E-state index is 0.00189. The molecule has 1 saturated heterocycles. The summed E-state index contributed by atoms with van der Waals surface area (Å²) in [7, 11) is 0. The maximum absolute atomic E-state index is 12.6. The van der Waals surface area contributed by atoms with E-state index in [1.54, 1.807) is 0 Å². The number of carboxylic acid groups (broad SMARTS) is 1. The summed E-state index contributed by atoms with van der Waals surface area (Å²) in [5.41, 5.74) is 0. The van der Waals surface area contributed by atoms with E-state index in [1.165, 1.54) is 77.6 Å². The summed E-state index contributed by atoms with van der Waals surface area (Å²) in [6.07, 6.45) is 22.6. The molecule has 8 nitrogen and oxygen atoms in total. The van der Waals surface area contributed by atoms with Crippen molar-refractivity contribution in [3.8, 4) is 0 Å². The first-order chi connectivity index (χ1) is 19.3. The average Bonchev–Trinajstić information content (AvgIpc) is 2.94. The van der Waals surface area contributed by atoms with Gasteiger partial charge in [-0.25, -0.2) is 0 Å². The number of carboxylic acids is 1. The molecule has 0 aromatic rings. The fourth-order valence-corrected chi connectivity index (χ4v) is 5.41. The Morgan fingerprint density at radius 1 is 0.725 bits per heavy atom. The molecule has 0 saturated carbocycles. The Morgan fingerprint density at radius 2 is 1.15 bits per heavy atom. The topological polar surface area (TPSA) is 121 Å². The highest BCUT2D eigenvalue weighted by atomic mass is 16.4. The van der Waals surface area contributed by atoms with Crippen LogP contribution in [0.4, 0.5) is 0 Å². The standard InChI is InChI=1S/C32H56N2O6/c1-27(36)20-21-29(26-35)33-32(40)28-22-24-34(25-23-28)30(37)18-16-14-12-10-8-6-4-2-3-5-7-9-11-13-15-17-19-31(38)39/h26,28-29H,2-25H2,1H3,(H,33,40)(H,38,39)/t29-/m0/s1. The smallest absolute Gasteiger partial charge is 0.303 e. The number of hydrogen-bond acceptors (Lipinski definition) is 5. The zero-order valence-electron chi connectivity index (χ0n) is 25.1. The highest BCUT2D eigenvalue weighted by Crippen LogP contribution is 2.20. The Kier molecular flexibility index (Phi) is 21.0. The number of carbonyl (C=O) groups is 5. The third kappa shape index (κ3) is 18.9. The van der Waals surface area contributed by atoms with Gasteiger partial charge in [-0.2, -0.15) is 0 Å². The van der Waals surface area contributed by atoms with Crippen molar-refractivity contribution in [1.82, 2.24) is 10.2 Å². The van der Waals surface area contributed by atoms with Crippen molar-refractivity contribution in [2.24, 2.45) is 5.92 Å². The third-order valence-electron chi connectivity index (χ3n) is 8.05. The third-order valence-corrected chi connectivity index (χ3v) is 8.05. The summed E-state index contributed by atoms with van der Waals surface area (Å²) in [6.45, 7) is 2.65. The molecule has 40 heavy (non-hydrogen) atoms. The highest BCUT2D eigenvalue weighted by molar-refractivity contribution is 5.83.